The Kier molecular flexibility index (Phi) is 5.76. The number of hydrogen-bond donors (Lipinski definition) is 1. The summed E-state index contributed by atoms with van der Waals surface area (Å²) in [5.74, 6) is -0.848. The summed E-state index contributed by atoms with van der Waals surface area (Å²) in [5.41, 5.74) is 0.162. The minimum absolute atomic E-state index is 0.0408. The number of carbonyl (C=O) groups is 2. The van der Waals surface area contributed by atoms with Crippen LogP contribution in [0.3, 0.4) is 0 Å². The van der Waals surface area contributed by atoms with Crippen LogP contribution in [0.1, 0.15) is 37.7 Å². The fourth-order valence-electron chi connectivity index (χ4n) is 2.05. The number of ether oxygens (including phenoxy) is 1. The molecule has 8 heteroatoms. The average molecular weight is 360 g/mol. The molecule has 2 rings (SSSR count). The summed E-state index contributed by atoms with van der Waals surface area (Å²) in [6.07, 6.45) is 0.740. The molecular formula is C18H20N2O6. The molecule has 0 aliphatic heterocycles. The molecule has 1 aromatic carbocycles. The van der Waals surface area contributed by atoms with E-state index in [2.05, 4.69) is 5.32 Å². The van der Waals surface area contributed by atoms with E-state index in [1.807, 2.05) is 20.8 Å². The van der Waals surface area contributed by atoms with E-state index in [0.717, 1.165) is 6.42 Å². The second-order valence-electron chi connectivity index (χ2n) is 6.33. The van der Waals surface area contributed by atoms with Crippen molar-refractivity contribution in [1.29, 1.82) is 0 Å². The van der Waals surface area contributed by atoms with Gasteiger partial charge in [-0.2, -0.15) is 0 Å². The van der Waals surface area contributed by atoms with Crippen molar-refractivity contribution in [2.24, 2.45) is 0 Å². The number of amides is 1. The third kappa shape index (κ3) is 4.92. The summed E-state index contributed by atoms with van der Waals surface area (Å²) < 4.78 is 10.4. The Morgan fingerprint density at radius 1 is 1.19 bits per heavy atom. The molecule has 0 aliphatic rings. The highest BCUT2D eigenvalue weighted by Crippen LogP contribution is 2.24. The van der Waals surface area contributed by atoms with Crippen LogP contribution in [0.2, 0.25) is 0 Å². The fourth-order valence-corrected chi connectivity index (χ4v) is 2.05. The van der Waals surface area contributed by atoms with Gasteiger partial charge in [0.2, 0.25) is 5.76 Å². The highest BCUT2D eigenvalue weighted by molar-refractivity contribution is 5.89. The van der Waals surface area contributed by atoms with Crippen LogP contribution in [0, 0.1) is 10.1 Å². The van der Waals surface area contributed by atoms with E-state index in [9.17, 15) is 19.7 Å². The first-order chi connectivity index (χ1) is 12.2. The fraction of sp³-hybridized carbons (Fsp3) is 0.333. The molecular weight excluding hydrogens is 340 g/mol. The first kappa shape index (κ1) is 19.2. The molecule has 1 aromatic heterocycles. The largest absolute Gasteiger partial charge is 0.450 e. The molecule has 0 atom stereocenters. The highest BCUT2D eigenvalue weighted by atomic mass is 16.6. The Balaban J connectivity index is 1.97. The van der Waals surface area contributed by atoms with Gasteiger partial charge in [0, 0.05) is 23.2 Å². The SMILES string of the molecule is CCC(C)(C)NC(=O)COC(=O)c1ccc(-c2ccc([N+](=O)[O-])cc2)o1. The molecule has 0 unspecified atom stereocenters. The Labute approximate surface area is 150 Å². The van der Waals surface area contributed by atoms with E-state index in [1.165, 1.54) is 30.3 Å². The summed E-state index contributed by atoms with van der Waals surface area (Å²) in [7, 11) is 0. The number of esters is 1. The maximum absolute atomic E-state index is 12.0. The van der Waals surface area contributed by atoms with Gasteiger partial charge in [-0.05, 0) is 44.5 Å². The van der Waals surface area contributed by atoms with E-state index in [4.69, 9.17) is 9.15 Å². The van der Waals surface area contributed by atoms with Gasteiger partial charge in [0.25, 0.3) is 11.6 Å². The van der Waals surface area contributed by atoms with Gasteiger partial charge in [-0.15, -0.1) is 0 Å². The van der Waals surface area contributed by atoms with E-state index in [0.29, 0.717) is 11.3 Å². The number of nitro benzene ring substituents is 1. The maximum atomic E-state index is 12.0. The van der Waals surface area contributed by atoms with Crippen molar-refractivity contribution >= 4 is 17.6 Å². The molecule has 0 fully saturated rings. The zero-order valence-corrected chi connectivity index (χ0v) is 14.8. The van der Waals surface area contributed by atoms with Gasteiger partial charge in [0.15, 0.2) is 6.61 Å². The molecule has 0 spiro atoms. The molecule has 8 nitrogen and oxygen atoms in total. The predicted molar refractivity (Wildman–Crippen MR) is 93.6 cm³/mol. The zero-order valence-electron chi connectivity index (χ0n) is 14.8. The molecule has 1 heterocycles. The van der Waals surface area contributed by atoms with Crippen LogP contribution in [0.15, 0.2) is 40.8 Å². The van der Waals surface area contributed by atoms with Gasteiger partial charge in [0.1, 0.15) is 5.76 Å². The number of nitrogens with zero attached hydrogens (tertiary/aromatic N) is 1. The Hall–Kier alpha value is -3.16. The van der Waals surface area contributed by atoms with Crippen LogP contribution in [-0.4, -0.2) is 28.9 Å². The number of rotatable bonds is 7. The maximum Gasteiger partial charge on any atom is 0.374 e. The minimum atomic E-state index is -0.761. The summed E-state index contributed by atoms with van der Waals surface area (Å²) in [5, 5.41) is 13.4. The molecule has 0 aliphatic carbocycles. The molecule has 0 radical (unpaired) electrons. The first-order valence-electron chi connectivity index (χ1n) is 8.04. The van der Waals surface area contributed by atoms with Gasteiger partial charge < -0.3 is 14.5 Å². The quantitative estimate of drug-likeness (QED) is 0.460. The predicted octanol–water partition coefficient (Wildman–Crippen LogP) is 3.32. The van der Waals surface area contributed by atoms with E-state index in [1.54, 1.807) is 6.07 Å². The average Bonchev–Trinajstić information content (AvgIpc) is 3.09. The van der Waals surface area contributed by atoms with Crippen molar-refractivity contribution in [2.75, 3.05) is 6.61 Å². The van der Waals surface area contributed by atoms with Gasteiger partial charge in [0.05, 0.1) is 4.92 Å². The van der Waals surface area contributed by atoms with Gasteiger partial charge in [-0.3, -0.25) is 14.9 Å². The topological polar surface area (TPSA) is 112 Å². The summed E-state index contributed by atoms with van der Waals surface area (Å²) in [6, 6.07) is 8.70. The van der Waals surface area contributed by atoms with E-state index in [-0.39, 0.29) is 17.0 Å². The first-order valence-corrected chi connectivity index (χ1v) is 8.04. The number of hydrogen-bond acceptors (Lipinski definition) is 6. The standard InChI is InChI=1S/C18H20N2O6/c1-4-18(2,3)19-16(21)11-25-17(22)15-10-9-14(26-15)12-5-7-13(8-6-12)20(23)24/h5-10H,4,11H2,1-3H3,(H,19,21). The summed E-state index contributed by atoms with van der Waals surface area (Å²) >= 11 is 0. The van der Waals surface area contributed by atoms with Crippen LogP contribution < -0.4 is 5.32 Å². The van der Waals surface area contributed by atoms with Gasteiger partial charge in [-0.25, -0.2) is 4.79 Å². The van der Waals surface area contributed by atoms with E-state index >= 15 is 0 Å². The molecule has 26 heavy (non-hydrogen) atoms. The Bertz CT molecular complexity index is 807. The van der Waals surface area contributed by atoms with Crippen LogP contribution in [-0.2, 0) is 9.53 Å². The van der Waals surface area contributed by atoms with Crippen molar-refractivity contribution in [2.45, 2.75) is 32.7 Å². The number of nitrogens with one attached hydrogen (secondary N) is 1. The Morgan fingerprint density at radius 2 is 1.85 bits per heavy atom. The van der Waals surface area contributed by atoms with Crippen molar-refractivity contribution in [1.82, 2.24) is 5.32 Å². The zero-order chi connectivity index (χ0) is 19.3. The third-order valence-corrected chi connectivity index (χ3v) is 3.87. The molecule has 0 saturated carbocycles. The molecule has 1 N–H and O–H groups in total. The van der Waals surface area contributed by atoms with Crippen molar-refractivity contribution in [3.63, 3.8) is 0 Å². The number of furan rings is 1. The van der Waals surface area contributed by atoms with Gasteiger partial charge in [-0.1, -0.05) is 6.92 Å². The monoisotopic (exact) mass is 360 g/mol. The molecule has 0 bridgehead atoms. The van der Waals surface area contributed by atoms with Gasteiger partial charge >= 0.3 is 5.97 Å². The number of carbonyl (C=O) groups excluding carboxylic acids is 2. The van der Waals surface area contributed by atoms with E-state index < -0.39 is 23.4 Å². The molecule has 0 saturated heterocycles. The third-order valence-electron chi connectivity index (χ3n) is 3.87. The Morgan fingerprint density at radius 3 is 2.42 bits per heavy atom. The number of non-ortho nitro benzene ring substituents is 1. The number of benzene rings is 1. The highest BCUT2D eigenvalue weighted by Gasteiger charge is 2.20. The second kappa shape index (κ2) is 7.81. The van der Waals surface area contributed by atoms with Crippen LogP contribution in [0.5, 0.6) is 0 Å². The molecule has 1 amide bonds. The summed E-state index contributed by atoms with van der Waals surface area (Å²) in [4.78, 5) is 33.9. The molecule has 138 valence electrons. The molecule has 2 aromatic rings. The lowest BCUT2D eigenvalue weighted by Gasteiger charge is -2.24. The van der Waals surface area contributed by atoms with Crippen molar-refractivity contribution in [3.8, 4) is 11.3 Å². The van der Waals surface area contributed by atoms with Crippen LogP contribution in [0.4, 0.5) is 5.69 Å². The lowest BCUT2D eigenvalue weighted by atomic mass is 10.0. The summed E-state index contributed by atoms with van der Waals surface area (Å²) in [6.45, 7) is 5.27. The second-order valence-corrected chi connectivity index (χ2v) is 6.33. The lowest BCUT2D eigenvalue weighted by Crippen LogP contribution is -2.44. The number of nitro groups is 1. The van der Waals surface area contributed by atoms with Crippen LogP contribution >= 0.6 is 0 Å². The normalized spacial score (nSPS) is 11.0. The van der Waals surface area contributed by atoms with Crippen molar-refractivity contribution in [3.05, 3.63) is 52.3 Å². The van der Waals surface area contributed by atoms with Crippen LogP contribution in [0.25, 0.3) is 11.3 Å². The minimum Gasteiger partial charge on any atom is -0.450 e. The van der Waals surface area contributed by atoms with Crippen molar-refractivity contribution < 1.29 is 23.7 Å². The lowest BCUT2D eigenvalue weighted by molar-refractivity contribution is -0.384. The smallest absolute Gasteiger partial charge is 0.374 e.